The molecule has 0 aliphatic heterocycles. The fraction of sp³-hybridized carbons (Fsp3) is 0.462. The van der Waals surface area contributed by atoms with Crippen molar-refractivity contribution in [1.82, 2.24) is 5.32 Å². The van der Waals surface area contributed by atoms with Gasteiger partial charge in [0, 0.05) is 13.2 Å². The molecule has 2 N–H and O–H groups in total. The second-order valence-corrected chi connectivity index (χ2v) is 4.17. The third-order valence-electron chi connectivity index (χ3n) is 2.59. The van der Waals surface area contributed by atoms with Gasteiger partial charge in [0.15, 0.2) is 0 Å². The largest absolute Gasteiger partial charge is 0.396 e. The van der Waals surface area contributed by atoms with Crippen molar-refractivity contribution in [3.63, 3.8) is 0 Å². The van der Waals surface area contributed by atoms with Gasteiger partial charge in [-0.2, -0.15) is 0 Å². The molecule has 0 saturated carbocycles. The molecule has 1 unspecified atom stereocenters. The van der Waals surface area contributed by atoms with Gasteiger partial charge in [0.1, 0.15) is 5.82 Å². The van der Waals surface area contributed by atoms with E-state index in [1.54, 1.807) is 12.1 Å². The van der Waals surface area contributed by atoms with Gasteiger partial charge < -0.3 is 10.4 Å². The van der Waals surface area contributed by atoms with Gasteiger partial charge in [0.25, 0.3) is 5.91 Å². The average Bonchev–Trinajstić information content (AvgIpc) is 2.34. The predicted molar refractivity (Wildman–Crippen MR) is 64.2 cm³/mol. The molecule has 1 aromatic rings. The number of nitrogens with one attached hydrogen (secondary N) is 1. The fourth-order valence-corrected chi connectivity index (χ4v) is 1.48. The number of aliphatic hydroxyl groups excluding tert-OH is 1. The number of carbonyl (C=O) groups excluding carboxylic acids is 1. The Bertz CT molecular complexity index is 368. The van der Waals surface area contributed by atoms with Gasteiger partial charge in [0.05, 0.1) is 5.56 Å². The average molecular weight is 239 g/mol. The Kier molecular flexibility index (Phi) is 5.63. The topological polar surface area (TPSA) is 49.3 Å². The van der Waals surface area contributed by atoms with Crippen molar-refractivity contribution in [2.75, 3.05) is 13.2 Å². The van der Waals surface area contributed by atoms with E-state index in [9.17, 15) is 9.18 Å². The van der Waals surface area contributed by atoms with E-state index < -0.39 is 5.82 Å². The first-order valence-electron chi connectivity index (χ1n) is 5.78. The Labute approximate surface area is 101 Å². The lowest BCUT2D eigenvalue weighted by Crippen LogP contribution is -2.25. The van der Waals surface area contributed by atoms with Crippen LogP contribution in [0, 0.1) is 11.7 Å². The molecule has 1 atom stereocenters. The quantitative estimate of drug-likeness (QED) is 0.746. The summed E-state index contributed by atoms with van der Waals surface area (Å²) >= 11 is 0. The van der Waals surface area contributed by atoms with Gasteiger partial charge in [0.2, 0.25) is 0 Å². The van der Waals surface area contributed by atoms with Crippen molar-refractivity contribution in [3.05, 3.63) is 35.6 Å². The highest BCUT2D eigenvalue weighted by Crippen LogP contribution is 2.06. The predicted octanol–water partition coefficient (Wildman–Crippen LogP) is 1.96. The Morgan fingerprint density at radius 3 is 2.82 bits per heavy atom. The summed E-state index contributed by atoms with van der Waals surface area (Å²) in [5.74, 6) is -0.658. The van der Waals surface area contributed by atoms with Crippen LogP contribution in [0.3, 0.4) is 0 Å². The highest BCUT2D eigenvalue weighted by atomic mass is 19.1. The highest BCUT2D eigenvalue weighted by molar-refractivity contribution is 5.94. The van der Waals surface area contributed by atoms with E-state index in [4.69, 9.17) is 5.11 Å². The molecule has 0 aliphatic rings. The number of halogens is 1. The maximum absolute atomic E-state index is 13.2. The molecule has 17 heavy (non-hydrogen) atoms. The van der Waals surface area contributed by atoms with E-state index in [-0.39, 0.29) is 24.0 Å². The molecule has 1 aromatic carbocycles. The van der Waals surface area contributed by atoms with E-state index >= 15 is 0 Å². The van der Waals surface area contributed by atoms with Crippen molar-refractivity contribution >= 4 is 5.91 Å². The molecule has 94 valence electrons. The standard InChI is InChI=1S/C13H18FNO2/c1-10(9-16)5-4-8-15-13(17)11-6-2-3-7-12(11)14/h2-3,6-7,10,16H,4-5,8-9H2,1H3,(H,15,17). The minimum absolute atomic E-state index is 0.0720. The summed E-state index contributed by atoms with van der Waals surface area (Å²) in [6.45, 7) is 2.59. The minimum Gasteiger partial charge on any atom is -0.396 e. The molecule has 0 aromatic heterocycles. The van der Waals surface area contributed by atoms with Crippen molar-refractivity contribution in [3.8, 4) is 0 Å². The van der Waals surface area contributed by atoms with Crippen LogP contribution < -0.4 is 5.32 Å². The molecular formula is C13H18FNO2. The van der Waals surface area contributed by atoms with Crippen LogP contribution in [0.2, 0.25) is 0 Å². The normalized spacial score (nSPS) is 12.2. The number of amides is 1. The molecule has 1 rings (SSSR count). The maximum atomic E-state index is 13.2. The number of rotatable bonds is 6. The van der Waals surface area contributed by atoms with Crippen molar-refractivity contribution in [2.45, 2.75) is 19.8 Å². The van der Waals surface area contributed by atoms with Gasteiger partial charge >= 0.3 is 0 Å². The number of hydrogen-bond acceptors (Lipinski definition) is 2. The molecule has 3 nitrogen and oxygen atoms in total. The first-order chi connectivity index (χ1) is 8.15. The summed E-state index contributed by atoms with van der Waals surface area (Å²) in [6, 6.07) is 5.91. The zero-order valence-corrected chi connectivity index (χ0v) is 9.95. The Hall–Kier alpha value is -1.42. The van der Waals surface area contributed by atoms with E-state index in [0.29, 0.717) is 6.54 Å². The van der Waals surface area contributed by atoms with Crippen LogP contribution in [-0.4, -0.2) is 24.2 Å². The monoisotopic (exact) mass is 239 g/mol. The summed E-state index contributed by atoms with van der Waals surface area (Å²) < 4.78 is 13.2. The number of hydrogen-bond donors (Lipinski definition) is 2. The van der Waals surface area contributed by atoms with E-state index in [1.165, 1.54) is 12.1 Å². The Morgan fingerprint density at radius 1 is 1.47 bits per heavy atom. The van der Waals surface area contributed by atoms with Gasteiger partial charge in [-0.3, -0.25) is 4.79 Å². The zero-order valence-electron chi connectivity index (χ0n) is 9.95. The molecule has 0 saturated heterocycles. The van der Waals surface area contributed by atoms with Gasteiger partial charge in [-0.1, -0.05) is 19.1 Å². The molecule has 0 spiro atoms. The van der Waals surface area contributed by atoms with Crippen molar-refractivity contribution < 1.29 is 14.3 Å². The van der Waals surface area contributed by atoms with Gasteiger partial charge in [-0.05, 0) is 30.9 Å². The molecular weight excluding hydrogens is 221 g/mol. The number of carbonyl (C=O) groups is 1. The summed E-state index contributed by atoms with van der Waals surface area (Å²) in [6.07, 6.45) is 1.62. The summed E-state index contributed by atoms with van der Waals surface area (Å²) in [4.78, 5) is 11.6. The third kappa shape index (κ3) is 4.53. The third-order valence-corrected chi connectivity index (χ3v) is 2.59. The summed E-state index contributed by atoms with van der Waals surface area (Å²) in [5, 5.41) is 11.5. The Morgan fingerprint density at radius 2 is 2.18 bits per heavy atom. The zero-order chi connectivity index (χ0) is 12.7. The molecule has 0 heterocycles. The molecule has 1 amide bonds. The SMILES string of the molecule is CC(CO)CCCNC(=O)c1ccccc1F. The molecule has 0 aliphatic carbocycles. The molecule has 0 fully saturated rings. The summed E-state index contributed by atoms with van der Waals surface area (Å²) in [7, 11) is 0. The summed E-state index contributed by atoms with van der Waals surface area (Å²) in [5.41, 5.74) is 0.0720. The van der Waals surface area contributed by atoms with Crippen LogP contribution in [0.5, 0.6) is 0 Å². The highest BCUT2D eigenvalue weighted by Gasteiger charge is 2.09. The minimum atomic E-state index is -0.506. The smallest absolute Gasteiger partial charge is 0.254 e. The number of benzene rings is 1. The van der Waals surface area contributed by atoms with Crippen molar-refractivity contribution in [1.29, 1.82) is 0 Å². The second kappa shape index (κ2) is 7.01. The molecule has 0 radical (unpaired) electrons. The lowest BCUT2D eigenvalue weighted by atomic mass is 10.1. The second-order valence-electron chi connectivity index (χ2n) is 4.17. The van der Waals surface area contributed by atoms with E-state index in [0.717, 1.165) is 12.8 Å². The van der Waals surface area contributed by atoms with Crippen LogP contribution in [0.4, 0.5) is 4.39 Å². The Balaban J connectivity index is 2.33. The molecule has 0 bridgehead atoms. The van der Waals surface area contributed by atoms with Crippen LogP contribution in [0.25, 0.3) is 0 Å². The van der Waals surface area contributed by atoms with E-state index in [1.807, 2.05) is 6.92 Å². The van der Waals surface area contributed by atoms with Gasteiger partial charge in [-0.15, -0.1) is 0 Å². The first kappa shape index (κ1) is 13.6. The fourth-order valence-electron chi connectivity index (χ4n) is 1.48. The number of aliphatic hydroxyl groups is 1. The van der Waals surface area contributed by atoms with Crippen LogP contribution in [-0.2, 0) is 0 Å². The van der Waals surface area contributed by atoms with E-state index in [2.05, 4.69) is 5.32 Å². The maximum Gasteiger partial charge on any atom is 0.254 e. The van der Waals surface area contributed by atoms with Crippen molar-refractivity contribution in [2.24, 2.45) is 5.92 Å². The van der Waals surface area contributed by atoms with Crippen LogP contribution in [0.1, 0.15) is 30.1 Å². The van der Waals surface area contributed by atoms with Gasteiger partial charge in [-0.25, -0.2) is 4.39 Å². The first-order valence-corrected chi connectivity index (χ1v) is 5.78. The molecule has 4 heteroatoms. The lowest BCUT2D eigenvalue weighted by Gasteiger charge is -2.08. The van der Waals surface area contributed by atoms with Crippen LogP contribution >= 0.6 is 0 Å². The van der Waals surface area contributed by atoms with Crippen LogP contribution in [0.15, 0.2) is 24.3 Å². The lowest BCUT2D eigenvalue weighted by molar-refractivity contribution is 0.0948.